The van der Waals surface area contributed by atoms with Gasteiger partial charge in [-0.25, -0.2) is 0 Å². The van der Waals surface area contributed by atoms with Gasteiger partial charge in [0.15, 0.2) is 0 Å². The topological polar surface area (TPSA) is 81.2 Å². The van der Waals surface area contributed by atoms with Gasteiger partial charge in [0.2, 0.25) is 11.8 Å². The summed E-state index contributed by atoms with van der Waals surface area (Å²) in [6.07, 6.45) is 5.34. The molecule has 1 unspecified atom stereocenters. The van der Waals surface area contributed by atoms with E-state index in [9.17, 15) is 9.59 Å². The van der Waals surface area contributed by atoms with E-state index >= 15 is 0 Å². The molecule has 2 fully saturated rings. The molecule has 0 spiro atoms. The third-order valence-corrected chi connectivity index (χ3v) is 5.47. The number of nitrogens with zero attached hydrogens (tertiary/aromatic N) is 3. The number of rotatable bonds is 6. The molecular formula is C18H28N4O2. The zero-order chi connectivity index (χ0) is 17.3. The number of likely N-dealkylation sites (tertiary alicyclic amines) is 1. The van der Waals surface area contributed by atoms with E-state index in [2.05, 4.69) is 5.10 Å². The number of primary amides is 1. The van der Waals surface area contributed by atoms with Crippen molar-refractivity contribution in [3.8, 4) is 0 Å². The number of hydrogen-bond donors (Lipinski definition) is 1. The van der Waals surface area contributed by atoms with Crippen LogP contribution >= 0.6 is 0 Å². The van der Waals surface area contributed by atoms with Crippen LogP contribution in [-0.4, -0.2) is 39.6 Å². The standard InChI is InChI=1S/C18H28N4O2/c1-13-10-14(2)22(20-13)9-6-16(23)21-8-3-7-18(12-21,17(19)24)11-15-4-5-15/h10,15H,3-9,11-12H2,1-2H3,(H2,19,24). The maximum atomic E-state index is 12.6. The smallest absolute Gasteiger partial charge is 0.225 e. The SMILES string of the molecule is Cc1cc(C)n(CCC(=O)N2CCCC(CC3CC3)(C(N)=O)C2)n1. The molecule has 1 saturated heterocycles. The van der Waals surface area contributed by atoms with Gasteiger partial charge in [0.1, 0.15) is 0 Å². The molecule has 2 N–H and O–H groups in total. The average molecular weight is 332 g/mol. The summed E-state index contributed by atoms with van der Waals surface area (Å²) in [6.45, 7) is 5.76. The van der Waals surface area contributed by atoms with Gasteiger partial charge in [-0.2, -0.15) is 5.10 Å². The molecule has 132 valence electrons. The van der Waals surface area contributed by atoms with Crippen LogP contribution in [0.15, 0.2) is 6.07 Å². The van der Waals surface area contributed by atoms with Crippen LogP contribution in [0.3, 0.4) is 0 Å². The van der Waals surface area contributed by atoms with Crippen molar-refractivity contribution in [2.24, 2.45) is 17.1 Å². The molecule has 2 amide bonds. The molecular weight excluding hydrogens is 304 g/mol. The molecule has 0 bridgehead atoms. The third-order valence-electron chi connectivity index (χ3n) is 5.47. The van der Waals surface area contributed by atoms with Crippen molar-refractivity contribution in [3.05, 3.63) is 17.5 Å². The van der Waals surface area contributed by atoms with Crippen LogP contribution in [0.2, 0.25) is 0 Å². The number of carbonyl (C=O) groups excluding carboxylic acids is 2. The van der Waals surface area contributed by atoms with Crippen LogP contribution in [0, 0.1) is 25.2 Å². The second kappa shape index (κ2) is 6.57. The number of aryl methyl sites for hydroxylation is 3. The van der Waals surface area contributed by atoms with Crippen molar-refractivity contribution >= 4 is 11.8 Å². The average Bonchev–Trinajstić information content (AvgIpc) is 3.28. The molecule has 6 heteroatoms. The summed E-state index contributed by atoms with van der Waals surface area (Å²) in [5, 5.41) is 4.40. The molecule has 2 aliphatic rings. The molecule has 24 heavy (non-hydrogen) atoms. The first-order valence-electron chi connectivity index (χ1n) is 8.98. The monoisotopic (exact) mass is 332 g/mol. The lowest BCUT2D eigenvalue weighted by atomic mass is 9.75. The molecule has 1 aliphatic carbocycles. The van der Waals surface area contributed by atoms with Crippen LogP contribution in [-0.2, 0) is 16.1 Å². The fourth-order valence-corrected chi connectivity index (χ4v) is 3.95. The number of carbonyl (C=O) groups is 2. The highest BCUT2D eigenvalue weighted by Crippen LogP contribution is 2.44. The zero-order valence-electron chi connectivity index (χ0n) is 14.8. The lowest BCUT2D eigenvalue weighted by molar-refractivity contribution is -0.140. The minimum Gasteiger partial charge on any atom is -0.369 e. The number of nitrogens with two attached hydrogens (primary N) is 1. The van der Waals surface area contributed by atoms with Gasteiger partial charge >= 0.3 is 0 Å². The van der Waals surface area contributed by atoms with E-state index in [1.165, 1.54) is 12.8 Å². The lowest BCUT2D eigenvalue weighted by Crippen LogP contribution is -2.52. The van der Waals surface area contributed by atoms with Crippen molar-refractivity contribution in [2.75, 3.05) is 13.1 Å². The second-order valence-corrected chi connectivity index (χ2v) is 7.61. The first kappa shape index (κ1) is 17.0. The van der Waals surface area contributed by atoms with Gasteiger partial charge in [-0.3, -0.25) is 14.3 Å². The highest BCUT2D eigenvalue weighted by Gasteiger charge is 2.45. The lowest BCUT2D eigenvalue weighted by Gasteiger charge is -2.41. The first-order valence-corrected chi connectivity index (χ1v) is 8.98. The van der Waals surface area contributed by atoms with Gasteiger partial charge in [-0.15, -0.1) is 0 Å². The van der Waals surface area contributed by atoms with Crippen molar-refractivity contribution in [1.29, 1.82) is 0 Å². The highest BCUT2D eigenvalue weighted by molar-refractivity contribution is 5.83. The van der Waals surface area contributed by atoms with Crippen LogP contribution < -0.4 is 5.73 Å². The van der Waals surface area contributed by atoms with Crippen LogP contribution in [0.5, 0.6) is 0 Å². The molecule has 3 rings (SSSR count). The predicted molar refractivity (Wildman–Crippen MR) is 91.1 cm³/mol. The Balaban J connectivity index is 1.61. The molecule has 6 nitrogen and oxygen atoms in total. The van der Waals surface area contributed by atoms with Gasteiger partial charge in [0.25, 0.3) is 0 Å². The van der Waals surface area contributed by atoms with Crippen LogP contribution in [0.4, 0.5) is 0 Å². The van der Waals surface area contributed by atoms with Crippen molar-refractivity contribution in [1.82, 2.24) is 14.7 Å². The van der Waals surface area contributed by atoms with Crippen molar-refractivity contribution in [3.63, 3.8) is 0 Å². The van der Waals surface area contributed by atoms with Crippen molar-refractivity contribution in [2.45, 2.75) is 58.9 Å². The zero-order valence-corrected chi connectivity index (χ0v) is 14.8. The molecule has 0 radical (unpaired) electrons. The summed E-state index contributed by atoms with van der Waals surface area (Å²) in [5.41, 5.74) is 7.27. The van der Waals surface area contributed by atoms with E-state index in [0.717, 1.165) is 37.2 Å². The minimum absolute atomic E-state index is 0.101. The fourth-order valence-electron chi connectivity index (χ4n) is 3.95. The molecule has 1 aromatic rings. The summed E-state index contributed by atoms with van der Waals surface area (Å²) in [6, 6.07) is 2.01. The molecule has 1 atom stereocenters. The summed E-state index contributed by atoms with van der Waals surface area (Å²) >= 11 is 0. The van der Waals surface area contributed by atoms with Gasteiger partial charge in [-0.05, 0) is 45.1 Å². The maximum Gasteiger partial charge on any atom is 0.225 e. The van der Waals surface area contributed by atoms with E-state index in [1.54, 1.807) is 0 Å². The summed E-state index contributed by atoms with van der Waals surface area (Å²) < 4.78 is 1.88. The first-order chi connectivity index (χ1) is 11.4. The maximum absolute atomic E-state index is 12.6. The largest absolute Gasteiger partial charge is 0.369 e. The minimum atomic E-state index is -0.507. The molecule has 1 saturated carbocycles. The van der Waals surface area contributed by atoms with Gasteiger partial charge < -0.3 is 10.6 Å². The van der Waals surface area contributed by atoms with Gasteiger partial charge in [-0.1, -0.05) is 12.8 Å². The molecule has 2 heterocycles. The Morgan fingerprint density at radius 3 is 2.71 bits per heavy atom. The Labute approximate surface area is 143 Å². The van der Waals surface area contributed by atoms with Crippen molar-refractivity contribution < 1.29 is 9.59 Å². The molecule has 0 aromatic carbocycles. The number of aromatic nitrogens is 2. The molecule has 1 aromatic heterocycles. The Kier molecular flexibility index (Phi) is 4.65. The summed E-state index contributed by atoms with van der Waals surface area (Å²) in [4.78, 5) is 26.6. The third kappa shape index (κ3) is 3.62. The van der Waals surface area contributed by atoms with Crippen LogP contribution in [0.25, 0.3) is 0 Å². The Morgan fingerprint density at radius 1 is 1.38 bits per heavy atom. The Bertz CT molecular complexity index is 635. The quantitative estimate of drug-likeness (QED) is 0.862. The van der Waals surface area contributed by atoms with E-state index in [1.807, 2.05) is 29.5 Å². The fraction of sp³-hybridized carbons (Fsp3) is 0.722. The number of amides is 2. The second-order valence-electron chi connectivity index (χ2n) is 7.61. The summed E-state index contributed by atoms with van der Waals surface area (Å²) in [7, 11) is 0. The predicted octanol–water partition coefficient (Wildman–Crippen LogP) is 1.78. The Morgan fingerprint density at radius 2 is 2.12 bits per heavy atom. The van der Waals surface area contributed by atoms with Gasteiger partial charge in [0.05, 0.1) is 11.1 Å². The van der Waals surface area contributed by atoms with Crippen LogP contribution in [0.1, 0.15) is 49.9 Å². The van der Waals surface area contributed by atoms with Gasteiger partial charge in [0, 0.05) is 31.7 Å². The Hall–Kier alpha value is -1.85. The van der Waals surface area contributed by atoms with E-state index in [0.29, 0.717) is 25.4 Å². The summed E-state index contributed by atoms with van der Waals surface area (Å²) in [5.74, 6) is 0.497. The molecule has 1 aliphatic heterocycles. The highest BCUT2D eigenvalue weighted by atomic mass is 16.2. The van der Waals surface area contributed by atoms with E-state index in [4.69, 9.17) is 5.73 Å². The number of piperidine rings is 1. The number of hydrogen-bond acceptors (Lipinski definition) is 3. The van der Waals surface area contributed by atoms with E-state index in [-0.39, 0.29) is 11.8 Å². The normalized spacial score (nSPS) is 24.2. The van der Waals surface area contributed by atoms with E-state index < -0.39 is 5.41 Å².